The van der Waals surface area contributed by atoms with Crippen LogP contribution in [0.1, 0.15) is 23.2 Å². The van der Waals surface area contributed by atoms with Crippen LogP contribution in [0.4, 0.5) is 0 Å². The molecule has 92 valence electrons. The van der Waals surface area contributed by atoms with E-state index in [1.165, 1.54) is 0 Å². The maximum absolute atomic E-state index is 11.8. The number of ketones is 1. The lowest BCUT2D eigenvalue weighted by Crippen LogP contribution is -2.41. The fourth-order valence-electron chi connectivity index (χ4n) is 2.19. The van der Waals surface area contributed by atoms with Crippen LogP contribution in [0.3, 0.4) is 0 Å². The summed E-state index contributed by atoms with van der Waals surface area (Å²) in [5.41, 5.74) is 0.655. The van der Waals surface area contributed by atoms with Crippen LogP contribution in [0.25, 0.3) is 0 Å². The van der Waals surface area contributed by atoms with Crippen molar-refractivity contribution in [3.8, 4) is 0 Å². The second-order valence-corrected chi connectivity index (χ2v) is 4.44. The predicted octanol–water partition coefficient (Wildman–Crippen LogP) is 0.994. The highest BCUT2D eigenvalue weighted by Gasteiger charge is 2.26. The standard InChI is InChI=1S/C12H16N2O3/c15-11(9-3-4-13-6-9)8-14-5-1-2-10(7-14)12(16)17/h3-4,6,10,13H,1-2,5,7-8H2,(H,16,17). The van der Waals surface area contributed by atoms with Gasteiger partial charge in [0.05, 0.1) is 12.5 Å². The third-order valence-corrected chi connectivity index (χ3v) is 3.14. The van der Waals surface area contributed by atoms with E-state index < -0.39 is 5.97 Å². The van der Waals surface area contributed by atoms with E-state index in [4.69, 9.17) is 5.11 Å². The first-order valence-electron chi connectivity index (χ1n) is 5.78. The van der Waals surface area contributed by atoms with E-state index in [1.807, 2.05) is 4.90 Å². The maximum atomic E-state index is 11.8. The van der Waals surface area contributed by atoms with Crippen molar-refractivity contribution in [3.63, 3.8) is 0 Å². The fraction of sp³-hybridized carbons (Fsp3) is 0.500. The zero-order chi connectivity index (χ0) is 12.3. The van der Waals surface area contributed by atoms with E-state index in [0.29, 0.717) is 25.1 Å². The SMILES string of the molecule is O=C(CN1CCCC(C(=O)O)C1)c1cc[nH]c1. The Hall–Kier alpha value is -1.62. The van der Waals surface area contributed by atoms with Crippen LogP contribution in [0.5, 0.6) is 0 Å². The number of piperidine rings is 1. The lowest BCUT2D eigenvalue weighted by Gasteiger charge is -2.29. The number of Topliss-reactive ketones (excluding diaryl/α,β-unsaturated/α-hetero) is 1. The lowest BCUT2D eigenvalue weighted by atomic mass is 9.98. The molecule has 1 unspecified atom stereocenters. The Morgan fingerprint density at radius 2 is 2.35 bits per heavy atom. The van der Waals surface area contributed by atoms with E-state index in [9.17, 15) is 9.59 Å². The highest BCUT2D eigenvalue weighted by atomic mass is 16.4. The quantitative estimate of drug-likeness (QED) is 0.765. The molecular weight excluding hydrogens is 220 g/mol. The second-order valence-electron chi connectivity index (χ2n) is 4.44. The molecule has 5 heteroatoms. The first-order chi connectivity index (χ1) is 8.16. The fourth-order valence-corrected chi connectivity index (χ4v) is 2.19. The van der Waals surface area contributed by atoms with Gasteiger partial charge in [-0.15, -0.1) is 0 Å². The molecule has 1 fully saturated rings. The number of H-pyrrole nitrogens is 1. The van der Waals surface area contributed by atoms with Gasteiger partial charge < -0.3 is 10.1 Å². The summed E-state index contributed by atoms with van der Waals surface area (Å²) >= 11 is 0. The van der Waals surface area contributed by atoms with E-state index in [2.05, 4.69) is 4.98 Å². The Labute approximate surface area is 99.4 Å². The van der Waals surface area contributed by atoms with Gasteiger partial charge in [0.1, 0.15) is 0 Å². The van der Waals surface area contributed by atoms with Gasteiger partial charge in [-0.2, -0.15) is 0 Å². The molecule has 1 aromatic rings. The summed E-state index contributed by atoms with van der Waals surface area (Å²) in [6.45, 7) is 1.59. The normalized spacial score (nSPS) is 21.3. The summed E-state index contributed by atoms with van der Waals surface area (Å²) in [5, 5.41) is 8.96. The van der Waals surface area contributed by atoms with Crippen LogP contribution >= 0.6 is 0 Å². The molecule has 2 N–H and O–H groups in total. The van der Waals surface area contributed by atoms with Gasteiger partial charge in [0.2, 0.25) is 0 Å². The van der Waals surface area contributed by atoms with E-state index in [0.717, 1.165) is 13.0 Å². The minimum Gasteiger partial charge on any atom is -0.481 e. The topological polar surface area (TPSA) is 73.4 Å². The molecule has 0 aliphatic carbocycles. The largest absolute Gasteiger partial charge is 0.481 e. The number of carbonyl (C=O) groups is 2. The van der Waals surface area contributed by atoms with E-state index in [1.54, 1.807) is 18.5 Å². The Morgan fingerprint density at radius 1 is 1.53 bits per heavy atom. The molecule has 0 radical (unpaired) electrons. The highest BCUT2D eigenvalue weighted by Crippen LogP contribution is 2.16. The van der Waals surface area contributed by atoms with Gasteiger partial charge in [-0.05, 0) is 25.5 Å². The molecule has 1 aliphatic heterocycles. The number of carboxylic acid groups (broad SMARTS) is 1. The Bertz CT molecular complexity index is 400. The Balaban J connectivity index is 1.91. The molecule has 0 aromatic carbocycles. The zero-order valence-electron chi connectivity index (χ0n) is 9.56. The monoisotopic (exact) mass is 236 g/mol. The summed E-state index contributed by atoms with van der Waals surface area (Å²) in [6.07, 6.45) is 4.94. The third-order valence-electron chi connectivity index (χ3n) is 3.14. The number of aliphatic carboxylic acids is 1. The number of hydrogen-bond acceptors (Lipinski definition) is 3. The van der Waals surface area contributed by atoms with Crippen molar-refractivity contribution >= 4 is 11.8 Å². The number of aromatic amines is 1. The molecule has 0 spiro atoms. The average Bonchev–Trinajstić information content (AvgIpc) is 2.82. The van der Waals surface area contributed by atoms with Crippen LogP contribution in [-0.4, -0.2) is 46.4 Å². The number of nitrogens with zero attached hydrogens (tertiary/aromatic N) is 1. The van der Waals surface area contributed by atoms with Crippen molar-refractivity contribution in [2.45, 2.75) is 12.8 Å². The molecule has 0 saturated carbocycles. The minimum atomic E-state index is -0.760. The van der Waals surface area contributed by atoms with Gasteiger partial charge in [-0.3, -0.25) is 14.5 Å². The van der Waals surface area contributed by atoms with E-state index >= 15 is 0 Å². The number of aromatic nitrogens is 1. The first-order valence-corrected chi connectivity index (χ1v) is 5.78. The Kier molecular flexibility index (Phi) is 3.58. The molecule has 2 heterocycles. The number of rotatable bonds is 4. The van der Waals surface area contributed by atoms with Gasteiger partial charge in [-0.25, -0.2) is 0 Å². The number of nitrogens with one attached hydrogen (secondary N) is 1. The van der Waals surface area contributed by atoms with Gasteiger partial charge >= 0.3 is 5.97 Å². The number of carbonyl (C=O) groups excluding carboxylic acids is 1. The summed E-state index contributed by atoms with van der Waals surface area (Å²) in [5.74, 6) is -1.05. The summed E-state index contributed by atoms with van der Waals surface area (Å²) in [7, 11) is 0. The number of likely N-dealkylation sites (tertiary alicyclic amines) is 1. The zero-order valence-corrected chi connectivity index (χ0v) is 9.56. The van der Waals surface area contributed by atoms with Crippen molar-refractivity contribution < 1.29 is 14.7 Å². The van der Waals surface area contributed by atoms with E-state index in [-0.39, 0.29) is 11.7 Å². The van der Waals surface area contributed by atoms with Crippen molar-refractivity contribution in [1.82, 2.24) is 9.88 Å². The van der Waals surface area contributed by atoms with Crippen LogP contribution in [0.15, 0.2) is 18.5 Å². The van der Waals surface area contributed by atoms with Gasteiger partial charge in [-0.1, -0.05) is 0 Å². The minimum absolute atomic E-state index is 0.0392. The maximum Gasteiger partial charge on any atom is 0.307 e. The van der Waals surface area contributed by atoms with Crippen molar-refractivity contribution in [2.75, 3.05) is 19.6 Å². The van der Waals surface area contributed by atoms with Crippen molar-refractivity contribution in [1.29, 1.82) is 0 Å². The molecule has 1 atom stereocenters. The van der Waals surface area contributed by atoms with Gasteiger partial charge in [0, 0.05) is 24.5 Å². The van der Waals surface area contributed by atoms with Crippen LogP contribution in [0, 0.1) is 5.92 Å². The van der Waals surface area contributed by atoms with Gasteiger partial charge in [0.15, 0.2) is 5.78 Å². The molecule has 1 aliphatic rings. The molecular formula is C12H16N2O3. The summed E-state index contributed by atoms with van der Waals surface area (Å²) in [6, 6.07) is 1.74. The highest BCUT2D eigenvalue weighted by molar-refractivity contribution is 5.97. The molecule has 0 amide bonds. The second kappa shape index (κ2) is 5.14. The van der Waals surface area contributed by atoms with Crippen LogP contribution in [0.2, 0.25) is 0 Å². The lowest BCUT2D eigenvalue weighted by molar-refractivity contribution is -0.143. The average molecular weight is 236 g/mol. The molecule has 1 saturated heterocycles. The number of hydrogen-bond donors (Lipinski definition) is 2. The summed E-state index contributed by atoms with van der Waals surface area (Å²) < 4.78 is 0. The Morgan fingerprint density at radius 3 is 3.00 bits per heavy atom. The van der Waals surface area contributed by atoms with Crippen LogP contribution in [-0.2, 0) is 4.79 Å². The number of carboxylic acids is 1. The first kappa shape index (κ1) is 11.9. The molecule has 1 aromatic heterocycles. The van der Waals surface area contributed by atoms with Gasteiger partial charge in [0.25, 0.3) is 0 Å². The van der Waals surface area contributed by atoms with Crippen molar-refractivity contribution in [2.24, 2.45) is 5.92 Å². The third kappa shape index (κ3) is 2.94. The smallest absolute Gasteiger partial charge is 0.307 e. The van der Waals surface area contributed by atoms with Crippen molar-refractivity contribution in [3.05, 3.63) is 24.0 Å². The molecule has 5 nitrogen and oxygen atoms in total. The van der Waals surface area contributed by atoms with Crippen LogP contribution < -0.4 is 0 Å². The molecule has 0 bridgehead atoms. The molecule has 2 rings (SSSR count). The predicted molar refractivity (Wildman–Crippen MR) is 61.9 cm³/mol. The molecule has 17 heavy (non-hydrogen) atoms. The summed E-state index contributed by atoms with van der Waals surface area (Å²) in [4.78, 5) is 27.5.